The highest BCUT2D eigenvalue weighted by molar-refractivity contribution is 6.01. The van der Waals surface area contributed by atoms with E-state index in [2.05, 4.69) is 32.1 Å². The standard InChI is InChI=1S/C20H24O2/c1-4-11-20(2)18(9-10-19(20)21)16-6-5-15-13-17(22-3)8-7-14(15)12-16/h7-10,13H,4-6,11-12H2,1-3H3/b18-16-/t20-/m0/s1. The summed E-state index contributed by atoms with van der Waals surface area (Å²) in [7, 11) is 1.71. The van der Waals surface area contributed by atoms with E-state index in [0.29, 0.717) is 0 Å². The lowest BCUT2D eigenvalue weighted by molar-refractivity contribution is -0.120. The summed E-state index contributed by atoms with van der Waals surface area (Å²) in [6.07, 6.45) is 8.87. The van der Waals surface area contributed by atoms with Gasteiger partial charge in [0, 0.05) is 0 Å². The van der Waals surface area contributed by atoms with Gasteiger partial charge in [-0.2, -0.15) is 0 Å². The van der Waals surface area contributed by atoms with Crippen molar-refractivity contribution in [2.45, 2.75) is 46.0 Å². The zero-order chi connectivity index (χ0) is 15.7. The molecule has 1 aromatic carbocycles. The fraction of sp³-hybridized carbons (Fsp3) is 0.450. The second-order valence-electron chi connectivity index (χ2n) is 6.61. The first-order valence-electron chi connectivity index (χ1n) is 8.19. The lowest BCUT2D eigenvalue weighted by Crippen LogP contribution is -2.26. The molecule has 0 heterocycles. The van der Waals surface area contributed by atoms with Crippen LogP contribution >= 0.6 is 0 Å². The summed E-state index contributed by atoms with van der Waals surface area (Å²) in [5.41, 5.74) is 5.18. The quantitative estimate of drug-likeness (QED) is 0.825. The van der Waals surface area contributed by atoms with E-state index in [4.69, 9.17) is 4.74 Å². The maximum Gasteiger partial charge on any atom is 0.165 e. The lowest BCUT2D eigenvalue weighted by Gasteiger charge is -2.29. The van der Waals surface area contributed by atoms with Crippen molar-refractivity contribution in [2.24, 2.45) is 5.41 Å². The molecule has 1 atom stereocenters. The van der Waals surface area contributed by atoms with E-state index >= 15 is 0 Å². The van der Waals surface area contributed by atoms with Crippen LogP contribution in [0.2, 0.25) is 0 Å². The Morgan fingerprint density at radius 3 is 2.73 bits per heavy atom. The Hall–Kier alpha value is -1.83. The third-order valence-corrected chi connectivity index (χ3v) is 5.18. The molecule has 2 nitrogen and oxygen atoms in total. The number of ether oxygens (including phenoxy) is 1. The van der Waals surface area contributed by atoms with Crippen molar-refractivity contribution in [1.29, 1.82) is 0 Å². The maximum absolute atomic E-state index is 12.3. The van der Waals surface area contributed by atoms with Gasteiger partial charge in [-0.25, -0.2) is 0 Å². The summed E-state index contributed by atoms with van der Waals surface area (Å²) < 4.78 is 5.32. The minimum absolute atomic E-state index is 0.275. The Morgan fingerprint density at radius 2 is 2.00 bits per heavy atom. The molecule has 0 fully saturated rings. The van der Waals surface area contributed by atoms with Gasteiger partial charge in [0.1, 0.15) is 5.75 Å². The topological polar surface area (TPSA) is 26.3 Å². The highest BCUT2D eigenvalue weighted by atomic mass is 16.5. The molecule has 2 heteroatoms. The lowest BCUT2D eigenvalue weighted by atomic mass is 9.73. The monoisotopic (exact) mass is 296 g/mol. The first-order chi connectivity index (χ1) is 10.6. The number of methoxy groups -OCH3 is 1. The third-order valence-electron chi connectivity index (χ3n) is 5.18. The van der Waals surface area contributed by atoms with Crippen molar-refractivity contribution < 1.29 is 9.53 Å². The summed E-state index contributed by atoms with van der Waals surface area (Å²) in [5, 5.41) is 0. The number of allylic oxidation sites excluding steroid dienone is 4. The Bertz CT molecular complexity index is 666. The van der Waals surface area contributed by atoms with E-state index in [-0.39, 0.29) is 11.2 Å². The second-order valence-corrected chi connectivity index (χ2v) is 6.61. The zero-order valence-corrected chi connectivity index (χ0v) is 13.7. The van der Waals surface area contributed by atoms with E-state index in [1.54, 1.807) is 13.2 Å². The van der Waals surface area contributed by atoms with Gasteiger partial charge in [-0.3, -0.25) is 4.79 Å². The molecule has 0 saturated heterocycles. The Labute approximate surface area is 132 Å². The molecule has 1 aromatic rings. The molecular formula is C20H24O2. The molecule has 116 valence electrons. The van der Waals surface area contributed by atoms with E-state index < -0.39 is 0 Å². The molecule has 0 N–H and O–H groups in total. The Balaban J connectivity index is 1.96. The number of rotatable bonds is 3. The van der Waals surface area contributed by atoms with Crippen LogP contribution in [-0.4, -0.2) is 12.9 Å². The average Bonchev–Trinajstić information content (AvgIpc) is 2.82. The van der Waals surface area contributed by atoms with Crippen LogP contribution in [-0.2, 0) is 17.6 Å². The molecule has 22 heavy (non-hydrogen) atoms. The summed E-state index contributed by atoms with van der Waals surface area (Å²) >= 11 is 0. The van der Waals surface area contributed by atoms with Crippen LogP contribution in [0, 0.1) is 5.41 Å². The van der Waals surface area contributed by atoms with Gasteiger partial charge >= 0.3 is 0 Å². The number of carbonyl (C=O) groups excluding carboxylic acids is 1. The van der Waals surface area contributed by atoms with Crippen molar-refractivity contribution >= 4 is 5.78 Å². The van der Waals surface area contributed by atoms with Crippen molar-refractivity contribution in [3.8, 4) is 5.75 Å². The van der Waals surface area contributed by atoms with Gasteiger partial charge in [-0.1, -0.05) is 31.1 Å². The number of hydrogen-bond acceptors (Lipinski definition) is 2. The first-order valence-corrected chi connectivity index (χ1v) is 8.19. The number of benzene rings is 1. The number of hydrogen-bond donors (Lipinski definition) is 0. The summed E-state index contributed by atoms with van der Waals surface area (Å²) in [6, 6.07) is 6.36. The Kier molecular flexibility index (Phi) is 3.94. The molecule has 3 rings (SSSR count). The van der Waals surface area contributed by atoms with Gasteiger partial charge in [-0.15, -0.1) is 0 Å². The molecule has 2 aliphatic rings. The summed E-state index contributed by atoms with van der Waals surface area (Å²) in [5.74, 6) is 1.21. The molecule has 0 bridgehead atoms. The molecule has 0 aliphatic heterocycles. The number of ketones is 1. The second kappa shape index (κ2) is 5.75. The van der Waals surface area contributed by atoms with Crippen LogP contribution in [0.25, 0.3) is 0 Å². The molecule has 0 spiro atoms. The normalized spacial score (nSPS) is 27.1. The predicted molar refractivity (Wildman–Crippen MR) is 89.2 cm³/mol. The minimum Gasteiger partial charge on any atom is -0.497 e. The predicted octanol–water partition coefficient (Wildman–Crippen LogP) is 4.43. The minimum atomic E-state index is -0.298. The average molecular weight is 296 g/mol. The molecule has 0 amide bonds. The van der Waals surface area contributed by atoms with Gasteiger partial charge < -0.3 is 4.74 Å². The number of aryl methyl sites for hydroxylation is 1. The van der Waals surface area contributed by atoms with Crippen LogP contribution in [0.1, 0.15) is 44.2 Å². The maximum atomic E-state index is 12.3. The number of fused-ring (bicyclic) bond motifs is 1. The van der Waals surface area contributed by atoms with Crippen molar-refractivity contribution in [1.82, 2.24) is 0 Å². The highest BCUT2D eigenvalue weighted by Gasteiger charge is 2.39. The van der Waals surface area contributed by atoms with E-state index in [1.807, 2.05) is 6.07 Å². The van der Waals surface area contributed by atoms with Crippen LogP contribution in [0.3, 0.4) is 0 Å². The van der Waals surface area contributed by atoms with Gasteiger partial charge in [-0.05, 0) is 67.5 Å². The van der Waals surface area contributed by atoms with Crippen molar-refractivity contribution in [2.75, 3.05) is 7.11 Å². The van der Waals surface area contributed by atoms with Gasteiger partial charge in [0.05, 0.1) is 12.5 Å². The number of carbonyl (C=O) groups is 1. The molecule has 0 radical (unpaired) electrons. The van der Waals surface area contributed by atoms with Crippen LogP contribution < -0.4 is 4.74 Å². The van der Waals surface area contributed by atoms with Crippen LogP contribution in [0.5, 0.6) is 5.75 Å². The molecule has 0 aromatic heterocycles. The van der Waals surface area contributed by atoms with Gasteiger partial charge in [0.25, 0.3) is 0 Å². The smallest absolute Gasteiger partial charge is 0.165 e. The van der Waals surface area contributed by atoms with Crippen LogP contribution in [0.4, 0.5) is 0 Å². The first kappa shape index (κ1) is 15.1. The highest BCUT2D eigenvalue weighted by Crippen LogP contribution is 2.43. The SMILES string of the molecule is CCC[C@]1(C)C(=O)C=C/C1=C1\CCc2cc(OC)ccc2C1. The van der Waals surface area contributed by atoms with Crippen LogP contribution in [0.15, 0.2) is 41.5 Å². The van der Waals surface area contributed by atoms with Gasteiger partial charge in [0.15, 0.2) is 5.78 Å². The fourth-order valence-corrected chi connectivity index (χ4v) is 3.89. The fourth-order valence-electron chi connectivity index (χ4n) is 3.89. The largest absolute Gasteiger partial charge is 0.497 e. The van der Waals surface area contributed by atoms with Crippen molar-refractivity contribution in [3.05, 3.63) is 52.6 Å². The zero-order valence-electron chi connectivity index (χ0n) is 13.7. The molecule has 0 saturated carbocycles. The van der Waals surface area contributed by atoms with Crippen molar-refractivity contribution in [3.63, 3.8) is 0 Å². The van der Waals surface area contributed by atoms with E-state index in [9.17, 15) is 4.79 Å². The molecule has 0 unspecified atom stereocenters. The van der Waals surface area contributed by atoms with Gasteiger partial charge in [0.2, 0.25) is 0 Å². The third kappa shape index (κ3) is 2.41. The molecular weight excluding hydrogens is 272 g/mol. The Morgan fingerprint density at radius 1 is 1.18 bits per heavy atom. The summed E-state index contributed by atoms with van der Waals surface area (Å²) in [6.45, 7) is 4.27. The van der Waals surface area contributed by atoms with E-state index in [1.165, 1.54) is 22.3 Å². The summed E-state index contributed by atoms with van der Waals surface area (Å²) in [4.78, 5) is 12.3. The molecule has 2 aliphatic carbocycles. The van der Waals surface area contributed by atoms with E-state index in [0.717, 1.165) is 37.9 Å².